The molecular weight excluding hydrogens is 304 g/mol. The second-order valence-corrected chi connectivity index (χ2v) is 6.43. The number of fused-ring (bicyclic) bond motifs is 1. The fourth-order valence-electron chi connectivity index (χ4n) is 3.30. The first-order valence-electron chi connectivity index (χ1n) is 7.48. The summed E-state index contributed by atoms with van der Waals surface area (Å²) in [5.41, 5.74) is 0.135. The number of aromatic nitrogens is 2. The largest absolute Gasteiger partial charge is 0.390 e. The van der Waals surface area contributed by atoms with Gasteiger partial charge < -0.3 is 19.9 Å². The monoisotopic (exact) mass is 324 g/mol. The highest BCUT2D eigenvalue weighted by molar-refractivity contribution is 5.59. The average molecular weight is 324 g/mol. The molecule has 126 valence electrons. The first-order chi connectivity index (χ1) is 10.7. The van der Waals surface area contributed by atoms with Crippen LogP contribution < -0.4 is 5.32 Å². The standard InChI is InChI=1S/C14H20N4O5/c1-6-10(18(20)21)13(16-7(2)15-6)17-8-5-9(19)12-11(8)22-14(3,4)23-12/h8-9,11-12,19H,5H2,1-4H3,(H,15,16,17)/t8-,9+,11+,12-/m1/s1. The van der Waals surface area contributed by atoms with Crippen molar-refractivity contribution in [3.8, 4) is 0 Å². The summed E-state index contributed by atoms with van der Waals surface area (Å²) in [4.78, 5) is 19.0. The van der Waals surface area contributed by atoms with Gasteiger partial charge in [-0.25, -0.2) is 9.97 Å². The number of aryl methyl sites for hydroxylation is 2. The maximum Gasteiger partial charge on any atom is 0.332 e. The van der Waals surface area contributed by atoms with Crippen molar-refractivity contribution in [2.45, 2.75) is 64.3 Å². The van der Waals surface area contributed by atoms with Gasteiger partial charge >= 0.3 is 5.69 Å². The summed E-state index contributed by atoms with van der Waals surface area (Å²) in [7, 11) is 0. The molecule has 1 aromatic rings. The Balaban J connectivity index is 1.89. The zero-order valence-corrected chi connectivity index (χ0v) is 13.4. The lowest BCUT2D eigenvalue weighted by molar-refractivity contribution is -0.385. The van der Waals surface area contributed by atoms with E-state index in [0.29, 0.717) is 17.9 Å². The molecule has 1 aliphatic heterocycles. The number of aliphatic hydroxyl groups excluding tert-OH is 1. The Hall–Kier alpha value is -1.84. The van der Waals surface area contributed by atoms with Gasteiger partial charge in [0.1, 0.15) is 23.7 Å². The van der Waals surface area contributed by atoms with Crippen LogP contribution in [0.25, 0.3) is 0 Å². The molecule has 9 nitrogen and oxygen atoms in total. The van der Waals surface area contributed by atoms with Crippen molar-refractivity contribution in [1.82, 2.24) is 9.97 Å². The Morgan fingerprint density at radius 2 is 1.96 bits per heavy atom. The molecule has 3 rings (SSSR count). The van der Waals surface area contributed by atoms with E-state index in [9.17, 15) is 15.2 Å². The van der Waals surface area contributed by atoms with Gasteiger partial charge in [0, 0.05) is 0 Å². The summed E-state index contributed by atoms with van der Waals surface area (Å²) in [6.07, 6.45) is -1.17. The van der Waals surface area contributed by atoms with E-state index < -0.39 is 29.0 Å². The summed E-state index contributed by atoms with van der Waals surface area (Å²) >= 11 is 0. The number of hydrogen-bond acceptors (Lipinski definition) is 8. The topological polar surface area (TPSA) is 120 Å². The van der Waals surface area contributed by atoms with Crippen LogP contribution in [0.1, 0.15) is 31.8 Å². The molecule has 1 saturated heterocycles. The van der Waals surface area contributed by atoms with Crippen molar-refractivity contribution in [2.24, 2.45) is 0 Å². The van der Waals surface area contributed by atoms with Crippen LogP contribution in [-0.2, 0) is 9.47 Å². The number of aliphatic hydroxyl groups is 1. The zero-order chi connectivity index (χ0) is 16.9. The van der Waals surface area contributed by atoms with Crippen LogP contribution in [0.15, 0.2) is 0 Å². The molecule has 9 heteroatoms. The van der Waals surface area contributed by atoms with E-state index in [1.807, 2.05) is 0 Å². The highest BCUT2D eigenvalue weighted by Gasteiger charge is 2.54. The molecule has 1 saturated carbocycles. The van der Waals surface area contributed by atoms with Crippen molar-refractivity contribution in [2.75, 3.05) is 5.32 Å². The third kappa shape index (κ3) is 2.87. The fraction of sp³-hybridized carbons (Fsp3) is 0.714. The van der Waals surface area contributed by atoms with Crippen molar-refractivity contribution in [3.63, 3.8) is 0 Å². The van der Waals surface area contributed by atoms with Crippen LogP contribution in [0.4, 0.5) is 11.5 Å². The van der Waals surface area contributed by atoms with Crippen molar-refractivity contribution in [1.29, 1.82) is 0 Å². The molecule has 2 aliphatic rings. The van der Waals surface area contributed by atoms with E-state index >= 15 is 0 Å². The van der Waals surface area contributed by atoms with E-state index in [-0.39, 0.29) is 17.5 Å². The SMILES string of the molecule is Cc1nc(C)c([N+](=O)[O-])c(N[C@@H]2C[C@H](O)[C@H]3OC(C)(C)O[C@H]32)n1. The van der Waals surface area contributed by atoms with Crippen LogP contribution in [0.2, 0.25) is 0 Å². The van der Waals surface area contributed by atoms with Gasteiger partial charge in [-0.15, -0.1) is 0 Å². The zero-order valence-electron chi connectivity index (χ0n) is 13.4. The van der Waals surface area contributed by atoms with Gasteiger partial charge in [0.15, 0.2) is 5.79 Å². The molecule has 2 fully saturated rings. The number of hydrogen-bond donors (Lipinski definition) is 2. The molecule has 23 heavy (non-hydrogen) atoms. The van der Waals surface area contributed by atoms with Crippen LogP contribution >= 0.6 is 0 Å². The summed E-state index contributed by atoms with van der Waals surface area (Å²) in [6, 6.07) is -0.329. The Bertz CT molecular complexity index is 650. The molecular formula is C14H20N4O5. The summed E-state index contributed by atoms with van der Waals surface area (Å²) in [6.45, 7) is 6.79. The Kier molecular flexibility index (Phi) is 3.74. The van der Waals surface area contributed by atoms with Gasteiger partial charge in [-0.05, 0) is 34.1 Å². The van der Waals surface area contributed by atoms with Gasteiger partial charge in [-0.2, -0.15) is 0 Å². The molecule has 4 atom stereocenters. The van der Waals surface area contributed by atoms with Crippen molar-refractivity contribution >= 4 is 11.5 Å². The Morgan fingerprint density at radius 3 is 2.61 bits per heavy atom. The first kappa shape index (κ1) is 16.0. The van der Waals surface area contributed by atoms with E-state index in [0.717, 1.165) is 0 Å². The second kappa shape index (κ2) is 5.36. The van der Waals surface area contributed by atoms with E-state index in [1.54, 1.807) is 27.7 Å². The third-order valence-corrected chi connectivity index (χ3v) is 4.11. The van der Waals surface area contributed by atoms with Crippen molar-refractivity contribution < 1.29 is 19.5 Å². The summed E-state index contributed by atoms with van der Waals surface area (Å²) < 4.78 is 11.5. The molecule has 2 heterocycles. The Morgan fingerprint density at radius 1 is 1.30 bits per heavy atom. The van der Waals surface area contributed by atoms with Gasteiger partial charge in [0.2, 0.25) is 5.82 Å². The van der Waals surface area contributed by atoms with Gasteiger partial charge in [-0.3, -0.25) is 10.1 Å². The van der Waals surface area contributed by atoms with Gasteiger partial charge in [-0.1, -0.05) is 0 Å². The minimum Gasteiger partial charge on any atom is -0.390 e. The lowest BCUT2D eigenvalue weighted by Crippen LogP contribution is -2.35. The summed E-state index contributed by atoms with van der Waals surface area (Å²) in [5.74, 6) is -0.208. The predicted octanol–water partition coefficient (Wildman–Crippen LogP) is 1.07. The highest BCUT2D eigenvalue weighted by atomic mass is 16.8. The fourth-order valence-corrected chi connectivity index (χ4v) is 3.30. The lowest BCUT2D eigenvalue weighted by atomic mass is 10.2. The molecule has 0 amide bonds. The van der Waals surface area contributed by atoms with E-state index in [4.69, 9.17) is 9.47 Å². The Labute approximate surface area is 133 Å². The number of rotatable bonds is 3. The molecule has 0 aromatic carbocycles. The third-order valence-electron chi connectivity index (χ3n) is 4.11. The molecule has 0 spiro atoms. The number of nitrogens with one attached hydrogen (secondary N) is 1. The number of ether oxygens (including phenoxy) is 2. The lowest BCUT2D eigenvalue weighted by Gasteiger charge is -2.23. The van der Waals surface area contributed by atoms with Crippen LogP contribution in [0.5, 0.6) is 0 Å². The molecule has 0 unspecified atom stereocenters. The molecule has 2 N–H and O–H groups in total. The number of nitrogens with zero attached hydrogens (tertiary/aromatic N) is 3. The van der Waals surface area contributed by atoms with Gasteiger partial charge in [0.25, 0.3) is 0 Å². The summed E-state index contributed by atoms with van der Waals surface area (Å²) in [5, 5.41) is 24.5. The second-order valence-electron chi connectivity index (χ2n) is 6.43. The van der Waals surface area contributed by atoms with Crippen LogP contribution in [0.3, 0.4) is 0 Å². The molecule has 0 radical (unpaired) electrons. The van der Waals surface area contributed by atoms with E-state index in [1.165, 1.54) is 0 Å². The highest BCUT2D eigenvalue weighted by Crippen LogP contribution is 2.40. The van der Waals surface area contributed by atoms with Gasteiger partial charge in [0.05, 0.1) is 17.1 Å². The minimum atomic E-state index is -0.792. The number of nitro groups is 1. The molecule has 1 aliphatic carbocycles. The molecule has 0 bridgehead atoms. The minimum absolute atomic E-state index is 0.145. The smallest absolute Gasteiger partial charge is 0.332 e. The van der Waals surface area contributed by atoms with E-state index in [2.05, 4.69) is 15.3 Å². The number of anilines is 1. The van der Waals surface area contributed by atoms with Crippen molar-refractivity contribution in [3.05, 3.63) is 21.6 Å². The maximum atomic E-state index is 11.3. The quantitative estimate of drug-likeness (QED) is 0.626. The van der Waals surface area contributed by atoms with Crippen LogP contribution in [0, 0.1) is 24.0 Å². The first-order valence-corrected chi connectivity index (χ1v) is 7.48. The predicted molar refractivity (Wildman–Crippen MR) is 80.0 cm³/mol. The van der Waals surface area contributed by atoms with Crippen LogP contribution in [-0.4, -0.2) is 50.1 Å². The average Bonchev–Trinajstić information content (AvgIpc) is 2.84. The maximum absolute atomic E-state index is 11.3. The molecule has 1 aromatic heterocycles. The normalized spacial score (nSPS) is 31.9.